The van der Waals surface area contributed by atoms with Crippen LogP contribution in [0.2, 0.25) is 0 Å². The van der Waals surface area contributed by atoms with Crippen LogP contribution in [0, 0.1) is 6.92 Å². The Balaban J connectivity index is 1.60. The second kappa shape index (κ2) is 6.36. The second-order valence-electron chi connectivity index (χ2n) is 5.45. The average molecular weight is 337 g/mol. The molecular weight excluding hydrogens is 318 g/mol. The van der Waals surface area contributed by atoms with Gasteiger partial charge in [-0.05, 0) is 31.9 Å². The van der Waals surface area contributed by atoms with E-state index in [-0.39, 0.29) is 6.04 Å². The van der Waals surface area contributed by atoms with E-state index in [0.717, 1.165) is 31.1 Å². The van der Waals surface area contributed by atoms with Gasteiger partial charge >= 0.3 is 0 Å². The zero-order chi connectivity index (χ0) is 15.6. The van der Waals surface area contributed by atoms with Crippen LogP contribution >= 0.6 is 11.3 Å². The molecule has 2 aromatic rings. The highest BCUT2D eigenvalue weighted by Gasteiger charge is 2.25. The van der Waals surface area contributed by atoms with Crippen LogP contribution in [0.3, 0.4) is 0 Å². The fourth-order valence-corrected chi connectivity index (χ4v) is 4.70. The van der Waals surface area contributed by atoms with Crippen molar-refractivity contribution in [1.29, 1.82) is 0 Å². The molecule has 2 heterocycles. The lowest BCUT2D eigenvalue weighted by molar-refractivity contribution is 0.460. The molecule has 1 fully saturated rings. The van der Waals surface area contributed by atoms with Crippen LogP contribution in [0.15, 0.2) is 41.4 Å². The van der Waals surface area contributed by atoms with Gasteiger partial charge in [-0.2, -0.15) is 0 Å². The number of nitrogens with zero attached hydrogens (tertiary/aromatic N) is 2. The number of rotatable bonds is 4. The van der Waals surface area contributed by atoms with E-state index in [4.69, 9.17) is 0 Å². The van der Waals surface area contributed by atoms with Crippen molar-refractivity contribution < 1.29 is 8.42 Å². The van der Waals surface area contributed by atoms with Crippen LogP contribution in [0.25, 0.3) is 0 Å². The van der Waals surface area contributed by atoms with Gasteiger partial charge in [0.1, 0.15) is 0 Å². The molecule has 0 aliphatic carbocycles. The van der Waals surface area contributed by atoms with E-state index < -0.39 is 10.0 Å². The van der Waals surface area contributed by atoms with Crippen molar-refractivity contribution in [1.82, 2.24) is 9.71 Å². The molecule has 5 nitrogen and oxygen atoms in total. The summed E-state index contributed by atoms with van der Waals surface area (Å²) in [6.45, 7) is 3.70. The van der Waals surface area contributed by atoms with E-state index >= 15 is 0 Å². The lowest BCUT2D eigenvalue weighted by Gasteiger charge is -2.31. The van der Waals surface area contributed by atoms with Crippen LogP contribution in [-0.2, 0) is 10.0 Å². The van der Waals surface area contributed by atoms with E-state index in [1.807, 2.05) is 19.2 Å². The highest BCUT2D eigenvalue weighted by Crippen LogP contribution is 2.25. The van der Waals surface area contributed by atoms with E-state index in [1.165, 1.54) is 4.88 Å². The van der Waals surface area contributed by atoms with Crippen LogP contribution in [-0.4, -0.2) is 32.5 Å². The zero-order valence-corrected chi connectivity index (χ0v) is 14.0. The highest BCUT2D eigenvalue weighted by atomic mass is 32.2. The molecule has 22 heavy (non-hydrogen) atoms. The lowest BCUT2D eigenvalue weighted by Crippen LogP contribution is -2.44. The van der Waals surface area contributed by atoms with Crippen molar-refractivity contribution in [2.75, 3.05) is 18.0 Å². The first-order chi connectivity index (χ1) is 10.5. The number of hydrogen-bond acceptors (Lipinski definition) is 5. The number of hydrogen-bond donors (Lipinski definition) is 1. The molecule has 0 unspecified atom stereocenters. The molecule has 0 atom stereocenters. The summed E-state index contributed by atoms with van der Waals surface area (Å²) in [6, 6.07) is 8.52. The van der Waals surface area contributed by atoms with Gasteiger partial charge in [0, 0.05) is 30.2 Å². The first kappa shape index (κ1) is 15.5. The largest absolute Gasteiger partial charge is 0.348 e. The monoisotopic (exact) mass is 337 g/mol. The van der Waals surface area contributed by atoms with Crippen molar-refractivity contribution in [3.05, 3.63) is 41.4 Å². The molecule has 1 aliphatic rings. The minimum atomic E-state index is -3.42. The van der Waals surface area contributed by atoms with Gasteiger partial charge in [0.05, 0.1) is 4.90 Å². The summed E-state index contributed by atoms with van der Waals surface area (Å²) in [7, 11) is -3.42. The van der Waals surface area contributed by atoms with Gasteiger partial charge in [0.15, 0.2) is 5.13 Å². The fourth-order valence-electron chi connectivity index (χ4n) is 2.56. The van der Waals surface area contributed by atoms with Gasteiger partial charge in [-0.25, -0.2) is 18.1 Å². The molecule has 0 bridgehead atoms. The summed E-state index contributed by atoms with van der Waals surface area (Å²) < 4.78 is 27.5. The molecule has 7 heteroatoms. The van der Waals surface area contributed by atoms with Gasteiger partial charge in [-0.3, -0.25) is 0 Å². The van der Waals surface area contributed by atoms with Crippen molar-refractivity contribution in [2.24, 2.45) is 0 Å². The summed E-state index contributed by atoms with van der Waals surface area (Å²) in [5.41, 5.74) is 0. The molecule has 0 radical (unpaired) electrons. The molecule has 0 amide bonds. The Bertz CT molecular complexity index is 720. The Morgan fingerprint density at radius 3 is 2.50 bits per heavy atom. The molecule has 1 aliphatic heterocycles. The van der Waals surface area contributed by atoms with Crippen molar-refractivity contribution >= 4 is 26.5 Å². The average Bonchev–Trinajstić information content (AvgIpc) is 2.95. The minimum absolute atomic E-state index is 0.0116. The summed E-state index contributed by atoms with van der Waals surface area (Å²) in [5, 5.41) is 1.03. The predicted molar refractivity (Wildman–Crippen MR) is 88.8 cm³/mol. The number of nitrogens with one attached hydrogen (secondary N) is 1. The van der Waals surface area contributed by atoms with E-state index in [1.54, 1.807) is 35.6 Å². The number of aromatic nitrogens is 1. The van der Waals surface area contributed by atoms with Crippen LogP contribution in [0.1, 0.15) is 17.7 Å². The van der Waals surface area contributed by atoms with Crippen LogP contribution < -0.4 is 9.62 Å². The van der Waals surface area contributed by atoms with Crippen molar-refractivity contribution in [2.45, 2.75) is 30.7 Å². The Morgan fingerprint density at radius 1 is 1.23 bits per heavy atom. The third-order valence-electron chi connectivity index (χ3n) is 3.75. The van der Waals surface area contributed by atoms with Gasteiger partial charge in [-0.15, -0.1) is 11.3 Å². The summed E-state index contributed by atoms with van der Waals surface area (Å²) >= 11 is 1.68. The number of thiazole rings is 1. The van der Waals surface area contributed by atoms with Crippen molar-refractivity contribution in [3.8, 4) is 0 Å². The lowest BCUT2D eigenvalue weighted by atomic mass is 10.1. The first-order valence-electron chi connectivity index (χ1n) is 7.29. The quantitative estimate of drug-likeness (QED) is 0.930. The topological polar surface area (TPSA) is 62.3 Å². The van der Waals surface area contributed by atoms with Crippen molar-refractivity contribution in [3.63, 3.8) is 0 Å². The first-order valence-corrected chi connectivity index (χ1v) is 9.59. The Labute approximate surface area is 135 Å². The summed E-state index contributed by atoms with van der Waals surface area (Å²) in [4.78, 5) is 8.14. The highest BCUT2D eigenvalue weighted by molar-refractivity contribution is 7.89. The molecule has 1 saturated heterocycles. The maximum atomic E-state index is 12.3. The second-order valence-corrected chi connectivity index (χ2v) is 8.38. The Kier molecular flexibility index (Phi) is 4.46. The third-order valence-corrected chi connectivity index (χ3v) is 6.26. The normalized spacial score (nSPS) is 16.9. The molecule has 0 saturated carbocycles. The number of aryl methyl sites for hydroxylation is 1. The van der Waals surface area contributed by atoms with Crippen LogP contribution in [0.4, 0.5) is 5.13 Å². The SMILES string of the molecule is Cc1cnc(N2CCC(NS(=O)(=O)c3ccccc3)CC2)s1. The minimum Gasteiger partial charge on any atom is -0.348 e. The van der Waals surface area contributed by atoms with Gasteiger partial charge in [0.2, 0.25) is 10.0 Å². The zero-order valence-electron chi connectivity index (χ0n) is 12.4. The van der Waals surface area contributed by atoms with E-state index in [0.29, 0.717) is 4.90 Å². The fraction of sp³-hybridized carbons (Fsp3) is 0.400. The number of anilines is 1. The standard InChI is InChI=1S/C15H19N3O2S2/c1-12-11-16-15(21-12)18-9-7-13(8-10-18)17-22(19,20)14-5-3-2-4-6-14/h2-6,11,13,17H,7-10H2,1H3. The number of piperidine rings is 1. The van der Waals surface area contributed by atoms with E-state index in [9.17, 15) is 8.42 Å². The number of benzene rings is 1. The Morgan fingerprint density at radius 2 is 1.91 bits per heavy atom. The van der Waals surface area contributed by atoms with Gasteiger partial charge in [-0.1, -0.05) is 18.2 Å². The molecule has 1 aromatic heterocycles. The molecule has 118 valence electrons. The molecule has 1 aromatic carbocycles. The maximum absolute atomic E-state index is 12.3. The van der Waals surface area contributed by atoms with Crippen LogP contribution in [0.5, 0.6) is 0 Å². The summed E-state index contributed by atoms with van der Waals surface area (Å²) in [5.74, 6) is 0. The molecule has 1 N–H and O–H groups in total. The summed E-state index contributed by atoms with van der Waals surface area (Å²) in [6.07, 6.45) is 3.47. The maximum Gasteiger partial charge on any atom is 0.240 e. The number of sulfonamides is 1. The third kappa shape index (κ3) is 3.48. The van der Waals surface area contributed by atoms with E-state index in [2.05, 4.69) is 14.6 Å². The predicted octanol–water partition coefficient (Wildman–Crippen LogP) is 2.40. The smallest absolute Gasteiger partial charge is 0.240 e. The van der Waals surface area contributed by atoms with Gasteiger partial charge < -0.3 is 4.90 Å². The Hall–Kier alpha value is -1.44. The molecular formula is C15H19N3O2S2. The van der Waals surface area contributed by atoms with Gasteiger partial charge in [0.25, 0.3) is 0 Å². The molecule has 0 spiro atoms. The molecule has 3 rings (SSSR count).